The molecule has 2 aliphatic rings. The fraction of sp³-hybridized carbons (Fsp3) is 1.00. The number of hydrogen-bond acceptors (Lipinski definition) is 3. The lowest BCUT2D eigenvalue weighted by Crippen LogP contribution is -2.45. The Bertz CT molecular complexity index is 190. The maximum atomic E-state index is 10.1. The van der Waals surface area contributed by atoms with Gasteiger partial charge in [0.15, 0.2) is 0 Å². The van der Waals surface area contributed by atoms with Crippen LogP contribution in [-0.2, 0) is 4.74 Å². The van der Waals surface area contributed by atoms with Crippen molar-refractivity contribution in [2.45, 2.75) is 44.2 Å². The zero-order valence-corrected chi connectivity index (χ0v) is 8.96. The van der Waals surface area contributed by atoms with E-state index < -0.39 is 5.60 Å². The van der Waals surface area contributed by atoms with Gasteiger partial charge in [-0.15, -0.1) is 0 Å². The second-order valence-electron chi connectivity index (χ2n) is 4.92. The molecule has 3 heteroatoms. The minimum Gasteiger partial charge on any atom is -0.386 e. The largest absolute Gasteiger partial charge is 0.386 e. The van der Waals surface area contributed by atoms with Crippen molar-refractivity contribution in [3.63, 3.8) is 0 Å². The average molecular weight is 199 g/mol. The fourth-order valence-corrected chi connectivity index (χ4v) is 2.51. The van der Waals surface area contributed by atoms with Crippen LogP contribution in [-0.4, -0.2) is 36.5 Å². The van der Waals surface area contributed by atoms with Crippen molar-refractivity contribution in [2.75, 3.05) is 19.8 Å². The molecule has 1 aliphatic carbocycles. The summed E-state index contributed by atoms with van der Waals surface area (Å²) in [6, 6.07) is 0.611. The molecule has 1 aliphatic heterocycles. The lowest BCUT2D eigenvalue weighted by Gasteiger charge is -2.25. The van der Waals surface area contributed by atoms with Crippen LogP contribution >= 0.6 is 0 Å². The minimum atomic E-state index is -0.595. The van der Waals surface area contributed by atoms with Crippen molar-refractivity contribution >= 4 is 0 Å². The summed E-state index contributed by atoms with van der Waals surface area (Å²) in [4.78, 5) is 0. The van der Waals surface area contributed by atoms with E-state index in [4.69, 9.17) is 4.74 Å². The molecule has 2 rings (SSSR count). The summed E-state index contributed by atoms with van der Waals surface area (Å²) in [6.45, 7) is 4.20. The summed E-state index contributed by atoms with van der Waals surface area (Å²) in [7, 11) is 0. The Labute approximate surface area is 85.8 Å². The van der Waals surface area contributed by atoms with E-state index in [2.05, 4.69) is 12.2 Å². The number of aliphatic hydroxyl groups is 1. The van der Waals surface area contributed by atoms with Crippen LogP contribution in [0.1, 0.15) is 32.6 Å². The second-order valence-corrected chi connectivity index (χ2v) is 4.92. The highest BCUT2D eigenvalue weighted by molar-refractivity contribution is 4.88. The number of nitrogens with one attached hydrogen (secondary N) is 1. The van der Waals surface area contributed by atoms with Crippen LogP contribution < -0.4 is 5.32 Å². The van der Waals surface area contributed by atoms with E-state index in [0.717, 1.165) is 12.3 Å². The zero-order chi connectivity index (χ0) is 10.0. The van der Waals surface area contributed by atoms with Crippen molar-refractivity contribution in [3.05, 3.63) is 0 Å². The number of ether oxygens (including phenoxy) is 1. The molecule has 2 N–H and O–H groups in total. The third-order valence-corrected chi connectivity index (χ3v) is 3.64. The first-order valence-electron chi connectivity index (χ1n) is 5.73. The Balaban J connectivity index is 1.75. The van der Waals surface area contributed by atoms with Crippen LogP contribution in [0.2, 0.25) is 0 Å². The average Bonchev–Trinajstić information content (AvgIpc) is 2.73. The summed E-state index contributed by atoms with van der Waals surface area (Å²) in [5, 5.41) is 13.5. The maximum absolute atomic E-state index is 10.1. The molecule has 1 heterocycles. The molecule has 3 nitrogen and oxygen atoms in total. The quantitative estimate of drug-likeness (QED) is 0.710. The van der Waals surface area contributed by atoms with Gasteiger partial charge in [-0.1, -0.05) is 13.3 Å². The highest BCUT2D eigenvalue weighted by atomic mass is 16.5. The van der Waals surface area contributed by atoms with Crippen LogP contribution in [0.3, 0.4) is 0 Å². The Kier molecular flexibility index (Phi) is 3.10. The number of hydrogen-bond donors (Lipinski definition) is 2. The van der Waals surface area contributed by atoms with Gasteiger partial charge in [0.05, 0.1) is 6.61 Å². The van der Waals surface area contributed by atoms with Crippen molar-refractivity contribution in [2.24, 2.45) is 5.92 Å². The molecule has 82 valence electrons. The summed E-state index contributed by atoms with van der Waals surface area (Å²) in [5.41, 5.74) is -0.595. The highest BCUT2D eigenvalue weighted by Gasteiger charge is 2.33. The van der Waals surface area contributed by atoms with E-state index in [0.29, 0.717) is 25.8 Å². The lowest BCUT2D eigenvalue weighted by molar-refractivity contribution is 0.0240. The van der Waals surface area contributed by atoms with Crippen molar-refractivity contribution in [1.29, 1.82) is 0 Å². The Morgan fingerprint density at radius 1 is 1.50 bits per heavy atom. The molecule has 3 atom stereocenters. The predicted octanol–water partition coefficient (Wildman–Crippen LogP) is 0.916. The Morgan fingerprint density at radius 3 is 2.93 bits per heavy atom. The van der Waals surface area contributed by atoms with Gasteiger partial charge >= 0.3 is 0 Å². The van der Waals surface area contributed by atoms with Gasteiger partial charge < -0.3 is 15.2 Å². The first-order valence-corrected chi connectivity index (χ1v) is 5.73. The van der Waals surface area contributed by atoms with E-state index in [9.17, 15) is 5.11 Å². The van der Waals surface area contributed by atoms with Gasteiger partial charge in [0, 0.05) is 25.6 Å². The van der Waals surface area contributed by atoms with Crippen molar-refractivity contribution in [3.8, 4) is 0 Å². The SMILES string of the molecule is CC1CCCC1NCC1(O)CCOC1. The predicted molar refractivity (Wildman–Crippen MR) is 55.2 cm³/mol. The molecule has 0 amide bonds. The summed E-state index contributed by atoms with van der Waals surface area (Å²) < 4.78 is 5.21. The molecule has 3 unspecified atom stereocenters. The minimum absolute atomic E-state index is 0.501. The summed E-state index contributed by atoms with van der Waals surface area (Å²) in [6.07, 6.45) is 4.69. The van der Waals surface area contributed by atoms with Crippen LogP contribution in [0, 0.1) is 5.92 Å². The van der Waals surface area contributed by atoms with Gasteiger partial charge in [0.2, 0.25) is 0 Å². The van der Waals surface area contributed by atoms with Crippen LogP contribution in [0.15, 0.2) is 0 Å². The zero-order valence-electron chi connectivity index (χ0n) is 8.96. The van der Waals surface area contributed by atoms with Crippen LogP contribution in [0.25, 0.3) is 0 Å². The van der Waals surface area contributed by atoms with Gasteiger partial charge in [-0.05, 0) is 18.8 Å². The van der Waals surface area contributed by atoms with E-state index >= 15 is 0 Å². The molecule has 0 radical (unpaired) electrons. The van der Waals surface area contributed by atoms with Crippen LogP contribution in [0.4, 0.5) is 0 Å². The van der Waals surface area contributed by atoms with Crippen molar-refractivity contribution < 1.29 is 9.84 Å². The third-order valence-electron chi connectivity index (χ3n) is 3.64. The molecule has 2 fully saturated rings. The molecule has 1 saturated heterocycles. The van der Waals surface area contributed by atoms with E-state index in [1.807, 2.05) is 0 Å². The monoisotopic (exact) mass is 199 g/mol. The summed E-state index contributed by atoms with van der Waals surface area (Å²) >= 11 is 0. The maximum Gasteiger partial charge on any atom is 0.102 e. The standard InChI is InChI=1S/C11H21NO2/c1-9-3-2-4-10(9)12-7-11(13)5-6-14-8-11/h9-10,12-13H,2-8H2,1H3. The summed E-state index contributed by atoms with van der Waals surface area (Å²) in [5.74, 6) is 0.765. The number of rotatable bonds is 3. The first-order chi connectivity index (χ1) is 6.70. The first kappa shape index (κ1) is 10.4. The smallest absolute Gasteiger partial charge is 0.102 e. The molecular weight excluding hydrogens is 178 g/mol. The Morgan fingerprint density at radius 2 is 2.36 bits per heavy atom. The molecule has 0 aromatic rings. The second kappa shape index (κ2) is 4.17. The molecule has 0 spiro atoms. The van der Waals surface area contributed by atoms with Crippen molar-refractivity contribution in [1.82, 2.24) is 5.32 Å². The Hall–Kier alpha value is -0.120. The van der Waals surface area contributed by atoms with Crippen LogP contribution in [0.5, 0.6) is 0 Å². The third kappa shape index (κ3) is 2.27. The van der Waals surface area contributed by atoms with Gasteiger partial charge in [-0.3, -0.25) is 0 Å². The molecular formula is C11H21NO2. The van der Waals surface area contributed by atoms with Gasteiger partial charge in [0.1, 0.15) is 5.60 Å². The molecule has 1 saturated carbocycles. The topological polar surface area (TPSA) is 41.5 Å². The van der Waals surface area contributed by atoms with Gasteiger partial charge in [-0.2, -0.15) is 0 Å². The molecule has 0 bridgehead atoms. The van der Waals surface area contributed by atoms with Gasteiger partial charge in [0.25, 0.3) is 0 Å². The van der Waals surface area contributed by atoms with E-state index in [-0.39, 0.29) is 0 Å². The highest BCUT2D eigenvalue weighted by Crippen LogP contribution is 2.26. The van der Waals surface area contributed by atoms with E-state index in [1.165, 1.54) is 19.3 Å². The molecule has 14 heavy (non-hydrogen) atoms. The van der Waals surface area contributed by atoms with Gasteiger partial charge in [-0.25, -0.2) is 0 Å². The molecule has 0 aromatic heterocycles. The van der Waals surface area contributed by atoms with E-state index in [1.54, 1.807) is 0 Å². The lowest BCUT2D eigenvalue weighted by atomic mass is 10.0. The normalized spacial score (nSPS) is 43.3. The fourth-order valence-electron chi connectivity index (χ4n) is 2.51. The molecule has 0 aromatic carbocycles.